The maximum absolute atomic E-state index is 5.44. The minimum atomic E-state index is -1.55. The van der Waals surface area contributed by atoms with Crippen molar-refractivity contribution in [3.63, 3.8) is 0 Å². The topological polar surface area (TPSA) is 38.7 Å². The third kappa shape index (κ3) is 3.87. The van der Waals surface area contributed by atoms with Crippen LogP contribution in [-0.2, 0) is 3.79 Å². The van der Waals surface area contributed by atoms with Crippen LogP contribution in [0.3, 0.4) is 0 Å². The molecule has 0 spiro atoms. The summed E-state index contributed by atoms with van der Waals surface area (Å²) in [5.74, 6) is 0.132. The second kappa shape index (κ2) is 4.80. The van der Waals surface area contributed by atoms with Crippen LogP contribution in [0.4, 0.5) is 0 Å². The number of hydrogen-bond donors (Lipinski definition) is 0. The molecule has 0 atom stereocenters. The van der Waals surface area contributed by atoms with Crippen molar-refractivity contribution in [2.24, 2.45) is 0 Å². The normalized spacial score (nSPS) is 10.5. The van der Waals surface area contributed by atoms with Crippen molar-refractivity contribution in [1.82, 2.24) is 15.0 Å². The molecule has 0 unspecified atom stereocenters. The number of alkyl halides is 3. The van der Waals surface area contributed by atoms with Crippen molar-refractivity contribution in [2.45, 2.75) is 3.79 Å². The average Bonchev–Trinajstić information content (AvgIpc) is 1.88. The molecule has 0 N–H and O–H groups in total. The molecule has 0 aliphatic rings. The number of rotatable bonds is 0. The molecular weight excluding hydrogens is 219 g/mol. The van der Waals surface area contributed by atoms with Crippen molar-refractivity contribution < 1.29 is 31.0 Å². The Morgan fingerprint density at radius 2 is 1.64 bits per heavy atom. The Morgan fingerprint density at radius 1 is 1.18 bits per heavy atom. The van der Waals surface area contributed by atoms with E-state index in [2.05, 4.69) is 15.0 Å². The van der Waals surface area contributed by atoms with E-state index >= 15 is 0 Å². The summed E-state index contributed by atoms with van der Waals surface area (Å²) in [6.45, 7) is 0. The van der Waals surface area contributed by atoms with E-state index < -0.39 is 3.79 Å². The van der Waals surface area contributed by atoms with Crippen molar-refractivity contribution in [1.29, 1.82) is 0 Å². The molecule has 0 fully saturated rings. The van der Waals surface area contributed by atoms with E-state index in [4.69, 9.17) is 34.8 Å². The molecule has 7 heteroatoms. The van der Waals surface area contributed by atoms with Gasteiger partial charge in [0, 0.05) is 0 Å². The fourth-order valence-electron chi connectivity index (χ4n) is 0.386. The van der Waals surface area contributed by atoms with E-state index in [9.17, 15) is 0 Å². The Hall–Kier alpha value is 0.880. The third-order valence-corrected chi connectivity index (χ3v) is 1.25. The maximum atomic E-state index is 5.44. The number of halogens is 3. The van der Waals surface area contributed by atoms with Gasteiger partial charge in [0.2, 0.25) is 3.79 Å². The van der Waals surface area contributed by atoms with Crippen LogP contribution in [0, 0.1) is 0 Å². The predicted octanol–water partition coefficient (Wildman–Crippen LogP) is -1.19. The molecule has 1 aromatic heterocycles. The molecule has 0 saturated heterocycles. The predicted molar refractivity (Wildman–Crippen MR) is 40.2 cm³/mol. The monoisotopic (exact) mass is 221 g/mol. The molecule has 0 bridgehead atoms. The molecule has 1 aromatic rings. The SMILES string of the molecule is ClC(Cl)(Cl)c1ncncn1.[H-].[Na+]. The van der Waals surface area contributed by atoms with Gasteiger partial charge in [-0.25, -0.2) is 15.0 Å². The molecule has 0 amide bonds. The van der Waals surface area contributed by atoms with Gasteiger partial charge in [0.25, 0.3) is 0 Å². The van der Waals surface area contributed by atoms with Crippen LogP contribution < -0.4 is 29.6 Å². The van der Waals surface area contributed by atoms with E-state index in [0.29, 0.717) is 0 Å². The van der Waals surface area contributed by atoms with Gasteiger partial charge in [-0.15, -0.1) is 0 Å². The molecule has 1 rings (SSSR count). The number of aromatic nitrogens is 3. The molecule has 0 saturated carbocycles. The summed E-state index contributed by atoms with van der Waals surface area (Å²) >= 11 is 16.3. The first-order chi connectivity index (χ1) is 4.61. The van der Waals surface area contributed by atoms with Crippen LogP contribution in [0.25, 0.3) is 0 Å². The Labute approximate surface area is 102 Å². The smallest absolute Gasteiger partial charge is 1.00 e. The summed E-state index contributed by atoms with van der Waals surface area (Å²) in [6.07, 6.45) is 2.54. The Morgan fingerprint density at radius 3 is 1.91 bits per heavy atom. The Balaban J connectivity index is 0. The summed E-state index contributed by atoms with van der Waals surface area (Å²) in [6, 6.07) is 0. The third-order valence-electron chi connectivity index (χ3n) is 0.747. The summed E-state index contributed by atoms with van der Waals surface area (Å²) in [5, 5.41) is 0. The molecular formula is C4H3Cl3N3Na. The van der Waals surface area contributed by atoms with Crippen LogP contribution in [0.1, 0.15) is 7.25 Å². The van der Waals surface area contributed by atoms with Crippen LogP contribution in [-0.4, -0.2) is 15.0 Å². The quantitative estimate of drug-likeness (QED) is 0.409. The summed E-state index contributed by atoms with van der Waals surface area (Å²) in [4.78, 5) is 10.8. The van der Waals surface area contributed by atoms with Crippen molar-refractivity contribution in [3.05, 3.63) is 18.5 Å². The van der Waals surface area contributed by atoms with Gasteiger partial charge in [-0.3, -0.25) is 0 Å². The van der Waals surface area contributed by atoms with Crippen LogP contribution in [0.2, 0.25) is 0 Å². The van der Waals surface area contributed by atoms with E-state index in [-0.39, 0.29) is 36.8 Å². The minimum absolute atomic E-state index is 0. The Bertz CT molecular complexity index is 217. The largest absolute Gasteiger partial charge is 1.00 e. The summed E-state index contributed by atoms with van der Waals surface area (Å²) < 4.78 is -1.55. The summed E-state index contributed by atoms with van der Waals surface area (Å²) in [5.41, 5.74) is 0. The first-order valence-corrected chi connectivity index (χ1v) is 3.43. The van der Waals surface area contributed by atoms with Crippen LogP contribution >= 0.6 is 34.8 Å². The van der Waals surface area contributed by atoms with Gasteiger partial charge in [0.15, 0.2) is 5.82 Å². The maximum Gasteiger partial charge on any atom is 1.00 e. The first kappa shape index (κ1) is 11.9. The van der Waals surface area contributed by atoms with Gasteiger partial charge >= 0.3 is 29.6 Å². The number of nitrogens with zero attached hydrogens (tertiary/aromatic N) is 3. The van der Waals surface area contributed by atoms with E-state index in [1.54, 1.807) is 0 Å². The van der Waals surface area contributed by atoms with Gasteiger partial charge < -0.3 is 1.43 Å². The zero-order valence-electron chi connectivity index (χ0n) is 6.63. The Kier molecular flexibility index (Phi) is 5.18. The second-order valence-corrected chi connectivity index (χ2v) is 3.74. The van der Waals surface area contributed by atoms with E-state index in [1.165, 1.54) is 12.7 Å². The number of hydrogen-bond acceptors (Lipinski definition) is 3. The minimum Gasteiger partial charge on any atom is -1.00 e. The van der Waals surface area contributed by atoms with Gasteiger partial charge in [-0.05, 0) is 0 Å². The molecule has 0 aliphatic heterocycles. The van der Waals surface area contributed by atoms with Crippen molar-refractivity contribution >= 4 is 34.8 Å². The van der Waals surface area contributed by atoms with Gasteiger partial charge in [0.1, 0.15) is 12.7 Å². The first-order valence-electron chi connectivity index (χ1n) is 2.30. The second-order valence-electron chi connectivity index (χ2n) is 1.46. The fourth-order valence-corrected chi connectivity index (χ4v) is 0.678. The zero-order valence-corrected chi connectivity index (χ0v) is 9.90. The van der Waals surface area contributed by atoms with Gasteiger partial charge in [-0.2, -0.15) is 0 Å². The van der Waals surface area contributed by atoms with Gasteiger partial charge in [-0.1, -0.05) is 34.8 Å². The molecule has 0 aromatic carbocycles. The standard InChI is InChI=1S/C4H2Cl3N3.Na.H/c5-4(6,7)3-9-1-8-2-10-3;;/h1-2H;;/q;+1;-1. The molecule has 11 heavy (non-hydrogen) atoms. The fraction of sp³-hybridized carbons (Fsp3) is 0.250. The van der Waals surface area contributed by atoms with Crippen molar-refractivity contribution in [2.75, 3.05) is 0 Å². The average molecular weight is 222 g/mol. The van der Waals surface area contributed by atoms with Crippen LogP contribution in [0.5, 0.6) is 0 Å². The molecule has 3 nitrogen and oxygen atoms in total. The molecule has 0 aliphatic carbocycles. The van der Waals surface area contributed by atoms with E-state index in [0.717, 1.165) is 0 Å². The molecule has 0 radical (unpaired) electrons. The van der Waals surface area contributed by atoms with Gasteiger partial charge in [0.05, 0.1) is 0 Å². The van der Waals surface area contributed by atoms with E-state index in [1.807, 2.05) is 0 Å². The van der Waals surface area contributed by atoms with Crippen LogP contribution in [0.15, 0.2) is 12.7 Å². The van der Waals surface area contributed by atoms with Crippen molar-refractivity contribution in [3.8, 4) is 0 Å². The molecule has 1 heterocycles. The zero-order chi connectivity index (χ0) is 7.61. The molecule has 56 valence electrons. The summed E-state index contributed by atoms with van der Waals surface area (Å²) in [7, 11) is 0.